The maximum Gasteiger partial charge on any atom is 0.287 e. The lowest BCUT2D eigenvalue weighted by atomic mass is 9.86. The topological polar surface area (TPSA) is 68.3 Å². The van der Waals surface area contributed by atoms with Gasteiger partial charge in [-0.25, -0.2) is 0 Å². The van der Waals surface area contributed by atoms with Gasteiger partial charge < -0.3 is 15.5 Å². The Morgan fingerprint density at radius 2 is 1.78 bits per heavy atom. The molecule has 0 aliphatic rings. The molecule has 0 saturated heterocycles. The minimum Gasteiger partial charge on any atom is -0.451 e. The number of hydrogen-bond donors (Lipinski definition) is 2. The van der Waals surface area contributed by atoms with E-state index in [1.165, 1.54) is 5.56 Å². The molecule has 1 aromatic heterocycles. The van der Waals surface area contributed by atoms with Gasteiger partial charge in [-0.05, 0) is 30.0 Å². The van der Waals surface area contributed by atoms with Crippen LogP contribution in [0.15, 0.2) is 40.8 Å². The molecule has 23 heavy (non-hydrogen) atoms. The van der Waals surface area contributed by atoms with Crippen molar-refractivity contribution in [1.29, 1.82) is 0 Å². The second kappa shape index (κ2) is 7.66. The molecule has 2 rings (SSSR count). The molecule has 1 aromatic carbocycles. The van der Waals surface area contributed by atoms with E-state index in [0.717, 1.165) is 5.56 Å². The molecule has 5 heteroatoms. The SMILES string of the molecule is C[C@@H](CN)NC(=O)c1ccc(-c2ccc(C(C)(C)C)cc2)o1.Cl. The number of furan rings is 1. The van der Waals surface area contributed by atoms with E-state index in [0.29, 0.717) is 18.1 Å². The number of carbonyl (C=O) groups is 1. The zero-order chi connectivity index (χ0) is 16.3. The van der Waals surface area contributed by atoms with Crippen molar-refractivity contribution in [2.75, 3.05) is 6.54 Å². The van der Waals surface area contributed by atoms with E-state index in [1.54, 1.807) is 6.07 Å². The van der Waals surface area contributed by atoms with Gasteiger partial charge in [-0.3, -0.25) is 4.79 Å². The van der Waals surface area contributed by atoms with E-state index in [9.17, 15) is 4.79 Å². The van der Waals surface area contributed by atoms with Crippen LogP contribution in [0.25, 0.3) is 11.3 Å². The van der Waals surface area contributed by atoms with Crippen molar-refractivity contribution in [2.24, 2.45) is 5.73 Å². The molecule has 0 unspecified atom stereocenters. The highest BCUT2D eigenvalue weighted by Crippen LogP contribution is 2.27. The standard InChI is InChI=1S/C18H24N2O2.ClH/c1-12(11-19)20-17(21)16-10-9-15(22-16)13-5-7-14(8-6-13)18(2,3)4;/h5-10,12H,11,19H2,1-4H3,(H,20,21);1H/t12-;/m0./s1. The van der Waals surface area contributed by atoms with Crippen LogP contribution in [0, 0.1) is 0 Å². The molecule has 1 heterocycles. The predicted molar refractivity (Wildman–Crippen MR) is 96.1 cm³/mol. The van der Waals surface area contributed by atoms with Crippen LogP contribution in [0.5, 0.6) is 0 Å². The van der Waals surface area contributed by atoms with Crippen LogP contribution in [-0.2, 0) is 5.41 Å². The number of rotatable bonds is 4. The van der Waals surface area contributed by atoms with Crippen molar-refractivity contribution >= 4 is 18.3 Å². The Bertz CT molecular complexity index is 642. The molecule has 4 nitrogen and oxygen atoms in total. The van der Waals surface area contributed by atoms with Crippen molar-refractivity contribution in [1.82, 2.24) is 5.32 Å². The maximum absolute atomic E-state index is 12.0. The summed E-state index contributed by atoms with van der Waals surface area (Å²) in [5.74, 6) is 0.747. The lowest BCUT2D eigenvalue weighted by molar-refractivity contribution is 0.0914. The second-order valence-corrected chi connectivity index (χ2v) is 6.60. The number of nitrogens with two attached hydrogens (primary N) is 1. The molecular formula is C18H25ClN2O2. The predicted octanol–water partition coefficient (Wildman–Crippen LogP) is 3.74. The van der Waals surface area contributed by atoms with Gasteiger partial charge in [0.05, 0.1) is 0 Å². The highest BCUT2D eigenvalue weighted by Gasteiger charge is 2.16. The first-order valence-corrected chi connectivity index (χ1v) is 7.53. The Hall–Kier alpha value is -1.78. The van der Waals surface area contributed by atoms with Crippen molar-refractivity contribution < 1.29 is 9.21 Å². The summed E-state index contributed by atoms with van der Waals surface area (Å²) in [7, 11) is 0. The van der Waals surface area contributed by atoms with Crippen LogP contribution < -0.4 is 11.1 Å². The van der Waals surface area contributed by atoms with Gasteiger partial charge in [0.25, 0.3) is 5.91 Å². The summed E-state index contributed by atoms with van der Waals surface area (Å²) in [6.07, 6.45) is 0. The molecule has 3 N–H and O–H groups in total. The highest BCUT2D eigenvalue weighted by molar-refractivity contribution is 5.92. The Morgan fingerprint density at radius 1 is 1.17 bits per heavy atom. The van der Waals surface area contributed by atoms with E-state index in [4.69, 9.17) is 10.2 Å². The quantitative estimate of drug-likeness (QED) is 0.893. The Kier molecular flexibility index (Phi) is 6.42. The van der Waals surface area contributed by atoms with Crippen LogP contribution in [0.2, 0.25) is 0 Å². The average molecular weight is 337 g/mol. The third kappa shape index (κ3) is 4.85. The van der Waals surface area contributed by atoms with Crippen molar-refractivity contribution in [2.45, 2.75) is 39.2 Å². The van der Waals surface area contributed by atoms with Crippen molar-refractivity contribution in [3.63, 3.8) is 0 Å². The van der Waals surface area contributed by atoms with E-state index < -0.39 is 0 Å². The second-order valence-electron chi connectivity index (χ2n) is 6.60. The molecule has 1 amide bonds. The fourth-order valence-corrected chi connectivity index (χ4v) is 2.10. The minimum absolute atomic E-state index is 0. The zero-order valence-electron chi connectivity index (χ0n) is 14.1. The van der Waals surface area contributed by atoms with Gasteiger partial charge in [0.15, 0.2) is 5.76 Å². The molecular weight excluding hydrogens is 312 g/mol. The molecule has 0 aliphatic heterocycles. The van der Waals surface area contributed by atoms with Gasteiger partial charge in [-0.1, -0.05) is 45.0 Å². The molecule has 1 atom stereocenters. The van der Waals surface area contributed by atoms with E-state index in [1.807, 2.05) is 25.1 Å². The molecule has 0 bridgehead atoms. The lowest BCUT2D eigenvalue weighted by Gasteiger charge is -2.18. The summed E-state index contributed by atoms with van der Waals surface area (Å²) in [6.45, 7) is 8.78. The van der Waals surface area contributed by atoms with E-state index in [2.05, 4.69) is 38.2 Å². The normalized spacial score (nSPS) is 12.4. The number of amides is 1. The summed E-state index contributed by atoms with van der Waals surface area (Å²) in [5, 5.41) is 2.78. The number of benzene rings is 1. The fraction of sp³-hybridized carbons (Fsp3) is 0.389. The van der Waals surface area contributed by atoms with Gasteiger partial charge in [-0.15, -0.1) is 12.4 Å². The molecule has 126 valence electrons. The van der Waals surface area contributed by atoms with Gasteiger partial charge in [0, 0.05) is 18.2 Å². The monoisotopic (exact) mass is 336 g/mol. The first-order chi connectivity index (χ1) is 10.3. The third-order valence-corrected chi connectivity index (χ3v) is 3.60. The molecule has 2 aromatic rings. The van der Waals surface area contributed by atoms with Gasteiger partial charge in [-0.2, -0.15) is 0 Å². The highest BCUT2D eigenvalue weighted by atomic mass is 35.5. The smallest absolute Gasteiger partial charge is 0.287 e. The molecule has 0 spiro atoms. The Morgan fingerprint density at radius 3 is 2.30 bits per heavy atom. The first kappa shape index (κ1) is 19.3. The van der Waals surface area contributed by atoms with Crippen LogP contribution in [0.4, 0.5) is 0 Å². The zero-order valence-corrected chi connectivity index (χ0v) is 14.9. The fourth-order valence-electron chi connectivity index (χ4n) is 2.10. The number of halogens is 1. The lowest BCUT2D eigenvalue weighted by Crippen LogP contribution is -2.37. The Balaban J connectivity index is 0.00000264. The molecule has 0 fully saturated rings. The summed E-state index contributed by atoms with van der Waals surface area (Å²) < 4.78 is 5.65. The summed E-state index contributed by atoms with van der Waals surface area (Å²) in [6, 6.07) is 11.6. The average Bonchev–Trinajstić information content (AvgIpc) is 2.96. The third-order valence-electron chi connectivity index (χ3n) is 3.60. The van der Waals surface area contributed by atoms with Gasteiger partial charge >= 0.3 is 0 Å². The van der Waals surface area contributed by atoms with Gasteiger partial charge in [0.2, 0.25) is 0 Å². The molecule has 0 radical (unpaired) electrons. The van der Waals surface area contributed by atoms with Crippen LogP contribution in [0.3, 0.4) is 0 Å². The number of carbonyl (C=O) groups excluding carboxylic acids is 1. The minimum atomic E-state index is -0.240. The van der Waals surface area contributed by atoms with Crippen molar-refractivity contribution in [3.8, 4) is 11.3 Å². The van der Waals surface area contributed by atoms with Crippen LogP contribution >= 0.6 is 12.4 Å². The van der Waals surface area contributed by atoms with E-state index >= 15 is 0 Å². The summed E-state index contributed by atoms with van der Waals surface area (Å²) >= 11 is 0. The molecule has 0 aliphatic carbocycles. The largest absolute Gasteiger partial charge is 0.451 e. The summed E-state index contributed by atoms with van der Waals surface area (Å²) in [5.41, 5.74) is 7.83. The Labute approximate surface area is 143 Å². The van der Waals surface area contributed by atoms with Crippen LogP contribution in [0.1, 0.15) is 43.8 Å². The van der Waals surface area contributed by atoms with Gasteiger partial charge in [0.1, 0.15) is 5.76 Å². The van der Waals surface area contributed by atoms with Crippen LogP contribution in [-0.4, -0.2) is 18.5 Å². The van der Waals surface area contributed by atoms with Crippen molar-refractivity contribution in [3.05, 3.63) is 47.7 Å². The number of nitrogens with one attached hydrogen (secondary N) is 1. The molecule has 0 saturated carbocycles. The summed E-state index contributed by atoms with van der Waals surface area (Å²) in [4.78, 5) is 12.0. The first-order valence-electron chi connectivity index (χ1n) is 7.53. The maximum atomic E-state index is 12.0. The van der Waals surface area contributed by atoms with E-state index in [-0.39, 0.29) is 29.8 Å². The number of hydrogen-bond acceptors (Lipinski definition) is 3.